The number of para-hydroxylation sites is 3. The van der Waals surface area contributed by atoms with E-state index < -0.39 is 47.1 Å². The standard InChI is InChI=1S/C72H59N5O.Pt/c1-70(2,3)45-35-36-73-67(41-45)77-63-32-19-16-29-57(63)58-34-33-50(43-64(58)77)78-49-22-20-21-48(42-49)74-44-75-68-59(37-46(39-65(68)74)71(4,5)6)53-25-12-10-23-51(53)52-24-11-13-26-54(52)60-38-47(72(7,8)9)40-66(69(60)75)76-61-30-17-14-27-55(61)56-28-15-18-31-62(56)76;/h10-41H,1-9H3;/q-2;/i10D,11D,12D,13D,23D,24D,25D,26D;. The van der Waals surface area contributed by atoms with E-state index in [1.54, 1.807) is 0 Å². The maximum atomic E-state index is 10.1. The van der Waals surface area contributed by atoms with Crippen LogP contribution in [0.2, 0.25) is 0 Å². The number of imidazole rings is 1. The topological polar surface area (TPSA) is 40.8 Å². The molecule has 0 amide bonds. The number of benzene rings is 9. The summed E-state index contributed by atoms with van der Waals surface area (Å²) in [6.07, 6.45) is 5.67. The normalized spacial score (nSPS) is 13.9. The van der Waals surface area contributed by atoms with Crippen LogP contribution in [-0.4, -0.2) is 18.7 Å². The van der Waals surface area contributed by atoms with E-state index in [-0.39, 0.29) is 60.8 Å². The van der Waals surface area contributed by atoms with E-state index in [0.717, 1.165) is 66.1 Å². The number of pyridine rings is 1. The van der Waals surface area contributed by atoms with Gasteiger partial charge in [-0.15, -0.1) is 29.7 Å². The van der Waals surface area contributed by atoms with Crippen LogP contribution in [0.5, 0.6) is 11.5 Å². The molecule has 0 aliphatic carbocycles. The predicted octanol–water partition coefficient (Wildman–Crippen LogP) is 17.9. The van der Waals surface area contributed by atoms with E-state index >= 15 is 0 Å². The van der Waals surface area contributed by atoms with Crippen LogP contribution in [0.3, 0.4) is 0 Å². The van der Waals surface area contributed by atoms with Crippen LogP contribution in [0.25, 0.3) is 111 Å². The number of fused-ring (bicyclic) bond motifs is 13. The Morgan fingerprint density at radius 3 is 1.63 bits per heavy atom. The smallest absolute Gasteiger partial charge is 0.268 e. The average Bonchev–Trinajstić information content (AvgIpc) is 1.64. The van der Waals surface area contributed by atoms with Gasteiger partial charge in [-0.05, 0) is 120 Å². The van der Waals surface area contributed by atoms with E-state index in [0.29, 0.717) is 50.7 Å². The maximum absolute atomic E-state index is 10.1. The number of ether oxygens (including phenoxy) is 1. The fourth-order valence-corrected chi connectivity index (χ4v) is 11.4. The van der Waals surface area contributed by atoms with Gasteiger partial charge < -0.3 is 18.4 Å². The summed E-state index contributed by atoms with van der Waals surface area (Å²) in [5.74, 6) is 1.60. The quantitative estimate of drug-likeness (QED) is 0.127. The Morgan fingerprint density at radius 1 is 0.481 bits per heavy atom. The second-order valence-corrected chi connectivity index (χ2v) is 23.5. The second-order valence-electron chi connectivity index (χ2n) is 23.5. The van der Waals surface area contributed by atoms with Gasteiger partial charge >= 0.3 is 0 Å². The first-order chi connectivity index (χ1) is 40.9. The van der Waals surface area contributed by atoms with Crippen LogP contribution in [0.4, 0.5) is 0 Å². The fourth-order valence-electron chi connectivity index (χ4n) is 11.4. The third-order valence-corrected chi connectivity index (χ3v) is 15.4. The zero-order valence-corrected chi connectivity index (χ0v) is 47.6. The van der Waals surface area contributed by atoms with Crippen molar-refractivity contribution < 1.29 is 41.3 Å². The molecule has 0 saturated carbocycles. The molecule has 0 saturated heterocycles. The van der Waals surface area contributed by atoms with Gasteiger partial charge in [-0.1, -0.05) is 183 Å². The van der Waals surface area contributed by atoms with Crippen molar-refractivity contribution in [1.29, 1.82) is 0 Å². The summed E-state index contributed by atoms with van der Waals surface area (Å²) >= 11 is 0. The Hall–Kier alpha value is -8.31. The molecular weight excluding hydrogens is 1150 g/mol. The van der Waals surface area contributed by atoms with E-state index in [4.69, 9.17) is 9.72 Å². The average molecular weight is 1210 g/mol. The summed E-state index contributed by atoms with van der Waals surface area (Å²) in [7, 11) is 0. The molecule has 79 heavy (non-hydrogen) atoms. The van der Waals surface area contributed by atoms with Crippen molar-refractivity contribution in [3.05, 3.63) is 229 Å². The summed E-state index contributed by atoms with van der Waals surface area (Å²) in [5.41, 5.74) is 8.93. The molecule has 5 heterocycles. The molecule has 0 bridgehead atoms. The molecule has 0 atom stereocenters. The minimum Gasteiger partial charge on any atom is -0.510 e. The monoisotopic (exact) mass is 1210 g/mol. The molecule has 1 aliphatic rings. The van der Waals surface area contributed by atoms with Crippen molar-refractivity contribution in [2.45, 2.75) is 78.6 Å². The Kier molecular flexibility index (Phi) is 9.72. The molecule has 9 aromatic carbocycles. The Morgan fingerprint density at radius 2 is 1.01 bits per heavy atom. The molecule has 4 aromatic heterocycles. The van der Waals surface area contributed by atoms with Crippen molar-refractivity contribution in [2.24, 2.45) is 0 Å². The molecule has 0 radical (unpaired) electrons. The van der Waals surface area contributed by atoms with Crippen molar-refractivity contribution in [2.75, 3.05) is 0 Å². The zero-order chi connectivity index (χ0) is 60.4. The SMILES string of the molecule is [2H]c1c([2H])c([2H])c2c(c1[2H])-c1cc(C(C)(C)C)cc(-n3c4ccccc4c4ccccc43)c1-[n+]1[c-]n(-c3[c-]c(Oc4[c-]c5c(cc4)c4ccccc4n5-c4cc(C(C)(C)C)ccn4)ccc3)c3cc(C(C)(C)C)cc(c31)-c1c([2H])c([2H])c([2H])c([2H])c1-2.[Pt]. The van der Waals surface area contributed by atoms with Crippen LogP contribution in [0.1, 0.15) is 90.0 Å². The molecule has 13 aromatic rings. The third-order valence-electron chi connectivity index (χ3n) is 15.4. The summed E-state index contributed by atoms with van der Waals surface area (Å²) in [6.45, 7) is 19.1. The largest absolute Gasteiger partial charge is 0.510 e. The van der Waals surface area contributed by atoms with Crippen LogP contribution in [0, 0.1) is 18.5 Å². The molecule has 14 rings (SSSR count). The predicted molar refractivity (Wildman–Crippen MR) is 320 cm³/mol. The number of hydrogen-bond donors (Lipinski definition) is 0. The van der Waals surface area contributed by atoms with Crippen LogP contribution < -0.4 is 9.30 Å². The molecule has 0 fully saturated rings. The molecule has 7 heteroatoms. The Labute approximate surface area is 487 Å². The molecular formula is C72H59N5OPt-2. The fraction of sp³-hybridized carbons (Fsp3) is 0.167. The van der Waals surface area contributed by atoms with Gasteiger partial charge in [-0.25, -0.2) is 4.98 Å². The van der Waals surface area contributed by atoms with Crippen LogP contribution in [0.15, 0.2) is 194 Å². The van der Waals surface area contributed by atoms with Gasteiger partial charge in [0.25, 0.3) is 6.33 Å². The first-order valence-corrected chi connectivity index (χ1v) is 26.5. The zero-order valence-electron chi connectivity index (χ0n) is 53.3. The van der Waals surface area contributed by atoms with Crippen molar-refractivity contribution in [1.82, 2.24) is 18.7 Å². The number of nitrogens with zero attached hydrogens (tertiary/aromatic N) is 5. The first kappa shape index (κ1) is 41.7. The van der Waals surface area contributed by atoms with Crippen LogP contribution in [-0.2, 0) is 37.3 Å². The van der Waals surface area contributed by atoms with Gasteiger partial charge in [0.05, 0.1) is 44.4 Å². The first-order valence-electron chi connectivity index (χ1n) is 30.5. The van der Waals surface area contributed by atoms with Gasteiger partial charge in [0.15, 0.2) is 0 Å². The van der Waals surface area contributed by atoms with Crippen molar-refractivity contribution in [3.8, 4) is 67.8 Å². The Bertz CT molecular complexity index is 5040. The minimum absolute atomic E-state index is 0. The third kappa shape index (κ3) is 8.17. The van der Waals surface area contributed by atoms with Crippen LogP contribution >= 0.6 is 0 Å². The molecule has 390 valence electrons. The van der Waals surface area contributed by atoms with E-state index in [9.17, 15) is 11.0 Å². The van der Waals surface area contributed by atoms with Gasteiger partial charge in [0.2, 0.25) is 0 Å². The molecule has 0 spiro atoms. The number of aromatic nitrogens is 5. The second kappa shape index (κ2) is 18.4. The molecule has 6 nitrogen and oxygen atoms in total. The van der Waals surface area contributed by atoms with Gasteiger partial charge in [-0.2, -0.15) is 18.2 Å². The number of rotatable bonds is 5. The van der Waals surface area contributed by atoms with E-state index in [1.165, 1.54) is 0 Å². The van der Waals surface area contributed by atoms with Gasteiger partial charge in [-0.3, -0.25) is 4.57 Å². The van der Waals surface area contributed by atoms with E-state index in [1.807, 2.05) is 88.1 Å². The maximum Gasteiger partial charge on any atom is 0.268 e. The minimum atomic E-state index is -0.543. The van der Waals surface area contributed by atoms with E-state index in [2.05, 4.69) is 157 Å². The summed E-state index contributed by atoms with van der Waals surface area (Å²) in [5, 5.41) is 4.05. The summed E-state index contributed by atoms with van der Waals surface area (Å²) < 4.78 is 92.2. The molecule has 1 aliphatic heterocycles. The molecule has 0 unspecified atom stereocenters. The summed E-state index contributed by atoms with van der Waals surface area (Å²) in [6, 6.07) is 50.3. The van der Waals surface area contributed by atoms with Crippen molar-refractivity contribution >= 4 is 54.6 Å². The number of hydrogen-bond acceptors (Lipinski definition) is 2. The van der Waals surface area contributed by atoms with Gasteiger partial charge in [0.1, 0.15) is 5.82 Å². The Balaban J connectivity index is 0.00000700. The van der Waals surface area contributed by atoms with Gasteiger partial charge in [0, 0.05) is 55.1 Å². The summed E-state index contributed by atoms with van der Waals surface area (Å²) in [4.78, 5) is 4.88. The molecule has 0 N–H and O–H groups in total. The van der Waals surface area contributed by atoms with Crippen molar-refractivity contribution in [3.63, 3.8) is 0 Å².